The fraction of sp³-hybridized carbons (Fsp3) is 0.591. The number of aliphatic hydroxyl groups is 5. The maximum Gasteiger partial charge on any atom is 0.344 e. The van der Waals surface area contributed by atoms with Crippen molar-refractivity contribution in [3.8, 4) is 59.2 Å². The van der Waals surface area contributed by atoms with Gasteiger partial charge in [0.15, 0.2) is 60.8 Å². The molecule has 5 aliphatic carbocycles. The number of rotatable bonds is 35. The normalized spacial score (nSPS) is 32.8. The van der Waals surface area contributed by atoms with Crippen molar-refractivity contribution < 1.29 is 180 Å². The van der Waals surface area contributed by atoms with Gasteiger partial charge < -0.3 is 49.2 Å². The Balaban J connectivity index is 0.000000392. The number of ether oxygens (including phenoxy) is 5. The number of hydrogen-bond donors (Lipinski definition) is 5. The summed E-state index contributed by atoms with van der Waals surface area (Å²) in [6, 6.07) is 9.26. The van der Waals surface area contributed by atoms with Crippen molar-refractivity contribution in [1.82, 2.24) is 24.5 Å². The van der Waals surface area contributed by atoms with E-state index in [1.165, 1.54) is 41.9 Å². The van der Waals surface area contributed by atoms with Crippen molar-refractivity contribution in [3.05, 3.63) is 179 Å². The standard InChI is InChI=1S/5C22H31NO3/c5*1-3-23(4-2)17-11-12-18-26-21(24)22(25,19-13-7-5-8-14-19)20-15-9-6-10-16-20/h5*5,7-8,13-14,20,25H,3-4,6,9-10,15-18H2,1-2H3/i3D2,4D2,5D,6D2,7D,8D,9D2,10D2,13D,14D,15D2,16D2,17D2,18D2,20D;3D2,4D2,6D2,9D2,10D2,15D2,16D2,17D2,18D2,20D;3D2,4D2,5D,7D,8D,13D,14D,17D2,18D2;1D3,2D3,3D2,4D2,17D2,18D2;3D2,4D2,17D2,18D2. The van der Waals surface area contributed by atoms with Crippen LogP contribution in [0.5, 0.6) is 0 Å². The Morgan fingerprint density at radius 1 is 0.323 bits per heavy atom. The van der Waals surface area contributed by atoms with E-state index < -0.39 is 377 Å². The summed E-state index contributed by atoms with van der Waals surface area (Å²) in [7, 11) is 0. The van der Waals surface area contributed by atoms with Crippen LogP contribution < -0.4 is 0 Å². The zero-order valence-corrected chi connectivity index (χ0v) is 72.1. The lowest BCUT2D eigenvalue weighted by molar-refractivity contribution is -0.174. The van der Waals surface area contributed by atoms with E-state index in [-0.39, 0.29) is 43.6 Å². The molecule has 20 heteroatoms. The van der Waals surface area contributed by atoms with Gasteiger partial charge in [-0.2, -0.15) is 0 Å². The quantitative estimate of drug-likeness (QED) is 0.0144. The van der Waals surface area contributed by atoms with Crippen LogP contribution in [-0.4, -0.2) is 210 Å². The van der Waals surface area contributed by atoms with Crippen molar-refractivity contribution in [1.29, 1.82) is 0 Å². The number of carbonyl (C=O) groups is 5. The lowest BCUT2D eigenvalue weighted by atomic mass is 9.73. The second-order valence-electron chi connectivity index (χ2n) is 26.8. The molecule has 710 valence electrons. The van der Waals surface area contributed by atoms with Gasteiger partial charge >= 0.3 is 29.8 Å². The molecule has 0 saturated heterocycles. The molecule has 20 nitrogen and oxygen atoms in total. The molecule has 5 unspecified atom stereocenters. The molecule has 5 aromatic carbocycles. The third kappa shape index (κ3) is 33.8. The number of benzene rings is 5. The van der Waals surface area contributed by atoms with E-state index >= 15 is 0 Å². The minimum absolute atomic E-state index is 0.0137. The van der Waals surface area contributed by atoms with Crippen LogP contribution in [0.25, 0.3) is 0 Å². The van der Waals surface area contributed by atoms with Crippen LogP contribution >= 0.6 is 0 Å². The predicted octanol–water partition coefficient (Wildman–Crippen LogP) is 16.7. The summed E-state index contributed by atoms with van der Waals surface area (Å²) in [5.41, 5.74) is -19.6. The second kappa shape index (κ2) is 61.5. The monoisotopic (exact) mass is 1860 g/mol. The number of carbonyl (C=O) groups excluding carboxylic acids is 5. The zero-order valence-electron chi connectivity index (χ0n) is 150. The van der Waals surface area contributed by atoms with Crippen molar-refractivity contribution in [2.45, 2.75) is 257 Å². The molecule has 0 spiro atoms. The van der Waals surface area contributed by atoms with Crippen LogP contribution in [0, 0.1) is 88.7 Å². The molecule has 5 N–H and O–H groups in total. The molecule has 0 radical (unpaired) electrons. The molecule has 5 saturated carbocycles. The summed E-state index contributed by atoms with van der Waals surface area (Å²) in [5.74, 6) is -4.79. The van der Waals surface area contributed by atoms with Crippen molar-refractivity contribution in [2.24, 2.45) is 29.5 Å². The van der Waals surface area contributed by atoms with Gasteiger partial charge in [0.05, 0.1) is 73.6 Å². The summed E-state index contributed by atoms with van der Waals surface area (Å²) in [5, 5.41) is 58.9. The average Bonchev–Trinajstić information content (AvgIpc) is 0.647. The molecule has 0 aliphatic heterocycles. The summed E-state index contributed by atoms with van der Waals surface area (Å²) in [6.07, 6.45) is -34.3. The maximum absolute atomic E-state index is 14.0. The van der Waals surface area contributed by atoms with Crippen LogP contribution in [0.1, 0.15) is 364 Å². The maximum atomic E-state index is 14.0. The highest BCUT2D eigenvalue weighted by atomic mass is 16.6. The predicted molar refractivity (Wildman–Crippen MR) is 517 cm³/mol. The van der Waals surface area contributed by atoms with Crippen LogP contribution in [-0.2, 0) is 75.7 Å². The van der Waals surface area contributed by atoms with Gasteiger partial charge in [-0.15, -0.1) is 0 Å². The van der Waals surface area contributed by atoms with Gasteiger partial charge in [-0.1, -0.05) is 376 Å². The van der Waals surface area contributed by atoms with Gasteiger partial charge in [0.2, 0.25) is 0 Å². The van der Waals surface area contributed by atoms with Crippen LogP contribution in [0.4, 0.5) is 0 Å². The number of nitrogens with zero attached hydrogens (tertiary/aromatic N) is 5. The van der Waals surface area contributed by atoms with Gasteiger partial charge in [0.25, 0.3) is 0 Å². The van der Waals surface area contributed by atoms with Crippen LogP contribution in [0.3, 0.4) is 0 Å². The summed E-state index contributed by atoms with van der Waals surface area (Å²) >= 11 is 0. The van der Waals surface area contributed by atoms with Crippen molar-refractivity contribution >= 4 is 29.8 Å². The molecule has 0 bridgehead atoms. The Morgan fingerprint density at radius 2 is 0.538 bits per heavy atom. The Bertz CT molecular complexity index is 8150. The van der Waals surface area contributed by atoms with Gasteiger partial charge in [0.1, 0.15) is 0 Å². The number of esters is 5. The van der Waals surface area contributed by atoms with Gasteiger partial charge in [-0.05, 0) is 157 Å². The fourth-order valence-corrected chi connectivity index (χ4v) is 12.8. The van der Waals surface area contributed by atoms with E-state index in [1.807, 2.05) is 11.8 Å². The first-order valence-electron chi connectivity index (χ1n) is 78.8. The van der Waals surface area contributed by atoms with Gasteiger partial charge in [-0.25, -0.2) is 24.0 Å². The molecule has 5 fully saturated rings. The van der Waals surface area contributed by atoms with Crippen molar-refractivity contribution in [2.75, 3.05) is 130 Å². The molecular weight excluding hydrogens is 1630 g/mol. The van der Waals surface area contributed by atoms with E-state index in [1.54, 1.807) is 72.2 Å². The first-order valence-corrected chi connectivity index (χ1v) is 39.8. The Morgan fingerprint density at radius 3 is 0.785 bits per heavy atom. The number of hydrogen-bond acceptors (Lipinski definition) is 20. The van der Waals surface area contributed by atoms with Crippen molar-refractivity contribution in [3.63, 3.8) is 0 Å². The molecule has 10 rings (SSSR count). The zero-order chi connectivity index (χ0) is 163. The summed E-state index contributed by atoms with van der Waals surface area (Å²) < 4.78 is 650. The molecule has 0 amide bonds. The highest BCUT2D eigenvalue weighted by Crippen LogP contribution is 2.46. The highest BCUT2D eigenvalue weighted by Gasteiger charge is 2.52. The molecule has 5 aromatic rings. The van der Waals surface area contributed by atoms with Crippen LogP contribution in [0.15, 0.2) is 151 Å². The van der Waals surface area contributed by atoms with E-state index in [2.05, 4.69) is 9.47 Å². The molecule has 0 heterocycles. The first-order chi connectivity index (χ1) is 92.0. The van der Waals surface area contributed by atoms with E-state index in [9.17, 15) is 49.5 Å². The minimum atomic E-state index is -4.91. The highest BCUT2D eigenvalue weighted by molar-refractivity contribution is 5.84. The SMILES string of the molecule is [2H]C([2H])(C#CC([2H])([2H])N(C([2H])([2H])C([2H])([2H])[2H])C([2H])([2H])C([2H])([2H])[2H])OC(=O)C(O)(c1ccccc1)C1CCCCC1.[2H]C([2H])(C#CC([2H])([2H])N(C([2H])([2H])C)C([2H])([2H])C)OC(=O)C(O)(c1ccccc1)C1([2H])C([2H])([2H])C([2H])([2H])C([2H])([2H])C([2H])([2H])C1([2H])[2H].[2H]C([2H])(C#CC([2H])([2H])N(C([2H])([2H])C)C([2H])([2H])C)OC(=O)C(O)(c1ccccc1)C1CCCCC1.[2H]c1c([2H])c([2H])c(C(O)(C(=O)OC([2H])([2H])C#CC([2H])([2H])N(C([2H])([2H])C)C([2H])([2H])C)C2([2H])C([2H])([2H])C([2H])([2H])C([2H])([2H])C([2H])([2H])C2([2H])[2H])c([2H])c1[2H].[2H]c1c([2H])c([2H])c(C(O)(C(=O)OC([2H])([2H])C#CC([2H])([2H])N(C([2H])([2H])C)C([2H])([2H])C)C2CCCCC2)c([2H])c1[2H]. The first kappa shape index (κ1) is 41.8. The second-order valence-corrected chi connectivity index (χ2v) is 26.8. The minimum Gasteiger partial charge on any atom is -0.450 e. The Kier molecular flexibility index (Phi) is 19.8. The molecule has 0 aromatic heterocycles. The van der Waals surface area contributed by atoms with Gasteiger partial charge in [0, 0.05) is 95.3 Å². The average molecular weight is 1870 g/mol. The lowest BCUT2D eigenvalue weighted by Gasteiger charge is -2.36. The summed E-state index contributed by atoms with van der Waals surface area (Å²) in [6.45, 7) is -64.0. The van der Waals surface area contributed by atoms with Gasteiger partial charge in [-0.3, -0.25) is 24.5 Å². The lowest BCUT2D eigenvalue weighted by Crippen LogP contribution is -2.45. The third-order valence-corrected chi connectivity index (χ3v) is 19.3. The van der Waals surface area contributed by atoms with E-state index in [0.29, 0.717) is 65.2 Å². The largest absolute Gasteiger partial charge is 0.450 e. The Hall–Kier alpha value is -9.15. The third-order valence-electron chi connectivity index (χ3n) is 19.3. The molecule has 130 heavy (non-hydrogen) atoms. The smallest absolute Gasteiger partial charge is 0.344 e. The molecule has 5 atom stereocenters. The molecular formula is C110H155N5O15. The van der Waals surface area contributed by atoms with E-state index in [4.69, 9.17) is 121 Å². The fourth-order valence-electron chi connectivity index (χ4n) is 12.8. The summed E-state index contributed by atoms with van der Waals surface area (Å²) in [4.78, 5) is 67.1. The topological polar surface area (TPSA) is 249 Å². The molecule has 5 aliphatic rings. The Labute approximate surface area is 890 Å². The van der Waals surface area contributed by atoms with Crippen LogP contribution in [0.2, 0.25) is 0 Å². The van der Waals surface area contributed by atoms with E-state index in [0.717, 1.165) is 97.9 Å².